The Bertz CT molecular complexity index is 1490. The average Bonchev–Trinajstić information content (AvgIpc) is 3.23. The van der Waals surface area contributed by atoms with Gasteiger partial charge >= 0.3 is 11.9 Å². The fourth-order valence-corrected chi connectivity index (χ4v) is 6.12. The molecule has 0 bridgehead atoms. The Balaban J connectivity index is 4.74. The molecule has 0 aromatic heterocycles. The number of nitrogens with zero attached hydrogens (tertiary/aromatic N) is 1. The van der Waals surface area contributed by atoms with Crippen LogP contribution in [0.15, 0.2) is 109 Å². The van der Waals surface area contributed by atoms with E-state index in [1.807, 2.05) is 40.2 Å². The molecule has 13 heteroatoms. The third-order valence-electron chi connectivity index (χ3n) is 9.12. The number of ether oxygens (including phenoxy) is 2. The molecule has 0 aliphatic rings. The maximum atomic E-state index is 12.7. The first kappa shape index (κ1) is 59.5. The molecule has 12 nitrogen and oxygen atoms in total. The summed E-state index contributed by atoms with van der Waals surface area (Å²) in [6, 6.07) is 0. The number of unbranched alkanes of at least 4 members (excludes halogenated alkanes) is 6. The monoisotopic (exact) mass is 904 g/mol. The number of likely N-dealkylation sites (N-methyl/N-ethyl adjacent to an activating group) is 1. The van der Waals surface area contributed by atoms with E-state index in [-0.39, 0.29) is 32.3 Å². The van der Waals surface area contributed by atoms with Crippen molar-refractivity contribution in [3.8, 4) is 0 Å². The zero-order chi connectivity index (χ0) is 46.9. The second kappa shape index (κ2) is 40.1. The average molecular weight is 904 g/mol. The van der Waals surface area contributed by atoms with Crippen LogP contribution in [0, 0.1) is 0 Å². The van der Waals surface area contributed by atoms with E-state index in [0.29, 0.717) is 23.9 Å². The first-order chi connectivity index (χ1) is 30.2. The lowest BCUT2D eigenvalue weighted by atomic mass is 10.1. The van der Waals surface area contributed by atoms with Crippen LogP contribution in [-0.4, -0.2) is 104 Å². The fourth-order valence-electron chi connectivity index (χ4n) is 5.39. The molecule has 0 saturated carbocycles. The van der Waals surface area contributed by atoms with Crippen molar-refractivity contribution in [2.24, 2.45) is 0 Å². The number of rotatable bonds is 39. The molecule has 3 N–H and O–H groups in total. The lowest BCUT2D eigenvalue weighted by Gasteiger charge is -2.28. The number of carbonyl (C=O) groups excluding carboxylic acids is 2. The van der Waals surface area contributed by atoms with Crippen molar-refractivity contribution in [2.45, 2.75) is 147 Å². The summed E-state index contributed by atoms with van der Waals surface area (Å²) < 4.78 is 33.6. The van der Waals surface area contributed by atoms with E-state index in [1.54, 1.807) is 42.5 Å². The van der Waals surface area contributed by atoms with Gasteiger partial charge < -0.3 is 43.2 Å². The van der Waals surface area contributed by atoms with Gasteiger partial charge in [-0.25, -0.2) is 0 Å². The quantitative estimate of drug-likeness (QED) is 0.0134. The third-order valence-corrected chi connectivity index (χ3v) is 10.1. The Kier molecular flexibility index (Phi) is 37.9. The highest BCUT2D eigenvalue weighted by molar-refractivity contribution is 7.45. The second-order valence-electron chi connectivity index (χ2n) is 16.2. The van der Waals surface area contributed by atoms with Gasteiger partial charge in [0.25, 0.3) is 7.82 Å². The van der Waals surface area contributed by atoms with Gasteiger partial charge in [-0.1, -0.05) is 142 Å². The van der Waals surface area contributed by atoms with Gasteiger partial charge in [0.2, 0.25) is 0 Å². The number of hydrogen-bond donors (Lipinski definition) is 3. The summed E-state index contributed by atoms with van der Waals surface area (Å²) in [4.78, 5) is 37.7. The summed E-state index contributed by atoms with van der Waals surface area (Å²) in [7, 11) is 0.906. The van der Waals surface area contributed by atoms with E-state index in [0.717, 1.165) is 44.9 Å². The smallest absolute Gasteiger partial charge is 0.306 e. The molecule has 0 radical (unpaired) electrons. The van der Waals surface area contributed by atoms with E-state index in [4.69, 9.17) is 18.5 Å². The van der Waals surface area contributed by atoms with Crippen molar-refractivity contribution in [1.29, 1.82) is 0 Å². The zero-order valence-electron chi connectivity index (χ0n) is 39.1. The summed E-state index contributed by atoms with van der Waals surface area (Å²) in [5.41, 5.74) is 0. The predicted molar refractivity (Wildman–Crippen MR) is 253 cm³/mol. The molecule has 358 valence electrons. The highest BCUT2D eigenvalue weighted by Gasteiger charge is 2.22. The number of phosphoric acid groups is 1. The summed E-state index contributed by atoms with van der Waals surface area (Å²) in [5, 5.41) is 30.5. The molecular weight excluding hydrogens is 822 g/mol. The van der Waals surface area contributed by atoms with E-state index in [2.05, 4.69) is 55.5 Å². The number of quaternary nitrogens is 1. The van der Waals surface area contributed by atoms with Gasteiger partial charge in [-0.2, -0.15) is 0 Å². The van der Waals surface area contributed by atoms with Crippen molar-refractivity contribution in [3.63, 3.8) is 0 Å². The van der Waals surface area contributed by atoms with Crippen LogP contribution in [0.1, 0.15) is 123 Å². The molecule has 0 fully saturated rings. The van der Waals surface area contributed by atoms with Crippen molar-refractivity contribution < 1.29 is 57.4 Å². The molecule has 1 unspecified atom stereocenters. The lowest BCUT2D eigenvalue weighted by Crippen LogP contribution is -2.37. The number of aliphatic hydroxyl groups excluding tert-OH is 3. The Labute approximate surface area is 380 Å². The van der Waals surface area contributed by atoms with E-state index in [1.165, 1.54) is 31.8 Å². The molecule has 0 aromatic carbocycles. The standard InChI is InChI=1S/C50H82NO11P/c1-6-8-10-11-12-13-14-15-16-17-18-19-20-21-22-23-24-29-33-39-49(55)59-43-46(44-61-63(57,58)60-42-41-51(3,4)5)62-50(56)40-34-38-48(54)47(53)37-32-28-26-25-27-31-36-45(52)35-30-9-7-2/h9,12-13,15-16,18-19,21-22,25-28,30-32,36-37,45-48,52-54H,6-8,10-11,14,17,20,23-24,29,33-35,38-44H2,1-5H3/b13-12-,16-15-,19-18-,22-21-,27-25+,28-26-,30-9-,36-31+,37-32-/t45-,46+,47+,48+/m0/s1. The van der Waals surface area contributed by atoms with Crippen LogP contribution in [0.4, 0.5) is 0 Å². The molecule has 0 heterocycles. The summed E-state index contributed by atoms with van der Waals surface area (Å²) in [6.45, 7) is 3.53. The van der Waals surface area contributed by atoms with Gasteiger partial charge in [-0.05, 0) is 77.0 Å². The van der Waals surface area contributed by atoms with Crippen molar-refractivity contribution in [1.82, 2.24) is 0 Å². The minimum atomic E-state index is -4.74. The van der Waals surface area contributed by atoms with E-state index >= 15 is 0 Å². The summed E-state index contributed by atoms with van der Waals surface area (Å²) in [5.74, 6) is -1.22. The summed E-state index contributed by atoms with van der Waals surface area (Å²) >= 11 is 0. The number of esters is 2. The number of phosphoric ester groups is 1. The molecule has 0 saturated heterocycles. The van der Waals surface area contributed by atoms with Crippen molar-refractivity contribution >= 4 is 19.8 Å². The zero-order valence-corrected chi connectivity index (χ0v) is 39.9. The Morgan fingerprint density at radius 2 is 1.22 bits per heavy atom. The van der Waals surface area contributed by atoms with Crippen LogP contribution < -0.4 is 4.89 Å². The van der Waals surface area contributed by atoms with Crippen LogP contribution >= 0.6 is 7.82 Å². The van der Waals surface area contributed by atoms with Crippen LogP contribution in [0.3, 0.4) is 0 Å². The lowest BCUT2D eigenvalue weighted by molar-refractivity contribution is -0.870. The van der Waals surface area contributed by atoms with E-state index in [9.17, 15) is 34.4 Å². The van der Waals surface area contributed by atoms with Gasteiger partial charge in [0.05, 0.1) is 46.1 Å². The van der Waals surface area contributed by atoms with Gasteiger partial charge in [-0.3, -0.25) is 14.2 Å². The Hall–Kier alpha value is -3.45. The molecular formula is C50H82NO11P. The first-order valence-corrected chi connectivity index (χ1v) is 24.4. The Morgan fingerprint density at radius 1 is 0.651 bits per heavy atom. The molecule has 0 aliphatic carbocycles. The normalized spacial score (nSPS) is 16.0. The maximum absolute atomic E-state index is 12.7. The fraction of sp³-hybridized carbons (Fsp3) is 0.600. The number of hydrogen-bond acceptors (Lipinski definition) is 11. The molecule has 0 aromatic rings. The topological polar surface area (TPSA) is 172 Å². The van der Waals surface area contributed by atoms with Crippen molar-refractivity contribution in [3.05, 3.63) is 109 Å². The second-order valence-corrected chi connectivity index (χ2v) is 17.7. The molecule has 63 heavy (non-hydrogen) atoms. The largest absolute Gasteiger partial charge is 0.756 e. The third kappa shape index (κ3) is 42.3. The van der Waals surface area contributed by atoms with Crippen LogP contribution in [-0.2, 0) is 32.7 Å². The number of allylic oxidation sites excluding steroid dienone is 15. The maximum Gasteiger partial charge on any atom is 0.306 e. The minimum Gasteiger partial charge on any atom is -0.756 e. The van der Waals surface area contributed by atoms with Gasteiger partial charge in [0.1, 0.15) is 19.8 Å². The van der Waals surface area contributed by atoms with Gasteiger partial charge in [0.15, 0.2) is 6.10 Å². The number of aliphatic hydroxyl groups is 3. The molecule has 0 amide bonds. The van der Waals surface area contributed by atoms with Crippen LogP contribution in [0.2, 0.25) is 0 Å². The number of carbonyl (C=O) groups is 2. The Morgan fingerprint density at radius 3 is 1.83 bits per heavy atom. The minimum absolute atomic E-state index is 0.0826. The van der Waals surface area contributed by atoms with Crippen LogP contribution in [0.25, 0.3) is 0 Å². The predicted octanol–water partition coefficient (Wildman–Crippen LogP) is 9.41. The first-order valence-electron chi connectivity index (χ1n) is 22.9. The highest BCUT2D eigenvalue weighted by Crippen LogP contribution is 2.38. The van der Waals surface area contributed by atoms with Gasteiger partial charge in [-0.15, -0.1) is 0 Å². The summed E-state index contributed by atoms with van der Waals surface area (Å²) in [6.07, 6.45) is 43.5. The van der Waals surface area contributed by atoms with Gasteiger partial charge in [0, 0.05) is 12.8 Å². The molecule has 0 rings (SSSR count). The molecule has 5 atom stereocenters. The molecule has 0 aliphatic heterocycles. The van der Waals surface area contributed by atoms with E-state index < -0.39 is 57.4 Å². The molecule has 0 spiro atoms. The SMILES string of the molecule is CC/C=C\C[C@H](O)/C=C/C=C/C=C\C=C/[C@@H](O)[C@H](O)CCCC(=O)O[C@H](COC(=O)CCCCC/C=C\C/C=C\C/C=C\C/C=C\CCCCC)COP(=O)([O-])OCC[N+](C)(C)C. The highest BCUT2D eigenvalue weighted by atomic mass is 31.2. The van der Waals surface area contributed by atoms with Crippen LogP contribution in [0.5, 0.6) is 0 Å². The van der Waals surface area contributed by atoms with Crippen molar-refractivity contribution in [2.75, 3.05) is 47.5 Å².